The molecule has 0 unspecified atom stereocenters. The lowest BCUT2D eigenvalue weighted by Crippen LogP contribution is -2.46. The minimum atomic E-state index is -0.300. The van der Waals surface area contributed by atoms with Gasteiger partial charge in [-0.05, 0) is 51.0 Å². The molecule has 27 heavy (non-hydrogen) atoms. The van der Waals surface area contributed by atoms with Gasteiger partial charge in [0.25, 0.3) is 5.91 Å². The van der Waals surface area contributed by atoms with Gasteiger partial charge in [-0.15, -0.1) is 10.2 Å². The highest BCUT2D eigenvalue weighted by atomic mass is 35.5. The van der Waals surface area contributed by atoms with Crippen molar-refractivity contribution < 1.29 is 9.59 Å². The van der Waals surface area contributed by atoms with Crippen LogP contribution >= 0.6 is 22.9 Å². The Kier molecular flexibility index (Phi) is 6.28. The summed E-state index contributed by atoms with van der Waals surface area (Å²) in [5, 5.41) is 15.6. The monoisotopic (exact) mass is 407 g/mol. The smallest absolute Gasteiger partial charge is 0.317 e. The summed E-state index contributed by atoms with van der Waals surface area (Å²) in [7, 11) is 0. The van der Waals surface area contributed by atoms with E-state index in [1.807, 2.05) is 18.7 Å². The van der Waals surface area contributed by atoms with Crippen molar-refractivity contribution >= 4 is 40.6 Å². The molecule has 2 heterocycles. The molecule has 7 nitrogen and oxygen atoms in total. The van der Waals surface area contributed by atoms with E-state index in [0.717, 1.165) is 24.4 Å². The topological polar surface area (TPSA) is 87.2 Å². The third-order valence-corrected chi connectivity index (χ3v) is 5.54. The second kappa shape index (κ2) is 8.67. The number of carbonyl (C=O) groups is 2. The van der Waals surface area contributed by atoms with E-state index >= 15 is 0 Å². The van der Waals surface area contributed by atoms with E-state index in [-0.39, 0.29) is 23.9 Å². The fourth-order valence-electron chi connectivity index (χ4n) is 2.91. The highest BCUT2D eigenvalue weighted by molar-refractivity contribution is 7.13. The van der Waals surface area contributed by atoms with Crippen LogP contribution < -0.4 is 10.6 Å². The molecule has 0 radical (unpaired) electrons. The molecular formula is C18H22ClN5O2S. The Balaban J connectivity index is 1.63. The van der Waals surface area contributed by atoms with E-state index in [1.165, 1.54) is 11.3 Å². The highest BCUT2D eigenvalue weighted by Gasteiger charge is 2.28. The van der Waals surface area contributed by atoms with Gasteiger partial charge in [-0.2, -0.15) is 0 Å². The molecule has 144 valence electrons. The van der Waals surface area contributed by atoms with Gasteiger partial charge in [-0.25, -0.2) is 4.79 Å². The summed E-state index contributed by atoms with van der Waals surface area (Å²) in [5.74, 6) is -0.197. The van der Waals surface area contributed by atoms with Crippen LogP contribution in [0.3, 0.4) is 0 Å². The maximum atomic E-state index is 12.4. The van der Waals surface area contributed by atoms with E-state index in [9.17, 15) is 9.59 Å². The summed E-state index contributed by atoms with van der Waals surface area (Å²) < 4.78 is 0. The number of carbonyl (C=O) groups excluding carboxylic acids is 2. The number of aromatic nitrogens is 2. The molecule has 1 aliphatic heterocycles. The summed E-state index contributed by atoms with van der Waals surface area (Å²) in [4.78, 5) is 26.4. The number of rotatable bonds is 4. The number of urea groups is 1. The van der Waals surface area contributed by atoms with Crippen molar-refractivity contribution in [2.75, 3.05) is 18.4 Å². The van der Waals surface area contributed by atoms with Crippen molar-refractivity contribution in [1.29, 1.82) is 0 Å². The van der Waals surface area contributed by atoms with E-state index in [0.29, 0.717) is 22.3 Å². The summed E-state index contributed by atoms with van der Waals surface area (Å²) >= 11 is 7.13. The molecular weight excluding hydrogens is 386 g/mol. The number of likely N-dealkylation sites (tertiary alicyclic amines) is 1. The third-order valence-electron chi connectivity index (χ3n) is 4.21. The molecule has 2 N–H and O–H groups in total. The summed E-state index contributed by atoms with van der Waals surface area (Å²) in [6.45, 7) is 5.20. The minimum absolute atomic E-state index is 0.0556. The van der Waals surface area contributed by atoms with Crippen molar-refractivity contribution in [3.8, 4) is 0 Å². The average Bonchev–Trinajstić information content (AvgIpc) is 3.13. The number of amides is 3. The molecule has 1 saturated heterocycles. The van der Waals surface area contributed by atoms with E-state index < -0.39 is 0 Å². The first kappa shape index (κ1) is 19.6. The Hall–Kier alpha value is -2.19. The molecule has 0 aliphatic carbocycles. The van der Waals surface area contributed by atoms with Crippen molar-refractivity contribution in [1.82, 2.24) is 20.4 Å². The molecule has 1 aromatic heterocycles. The fourth-order valence-corrected chi connectivity index (χ4v) is 3.90. The maximum absolute atomic E-state index is 12.4. The van der Waals surface area contributed by atoms with Gasteiger partial charge in [0, 0.05) is 35.8 Å². The first-order valence-corrected chi connectivity index (χ1v) is 10.1. The van der Waals surface area contributed by atoms with Gasteiger partial charge in [0.1, 0.15) is 5.01 Å². The number of piperidine rings is 1. The second-order valence-electron chi connectivity index (χ2n) is 6.80. The van der Waals surface area contributed by atoms with Crippen LogP contribution in [0, 0.1) is 0 Å². The van der Waals surface area contributed by atoms with Crippen molar-refractivity contribution in [3.05, 3.63) is 39.3 Å². The van der Waals surface area contributed by atoms with Gasteiger partial charge >= 0.3 is 6.03 Å². The molecule has 2 aromatic rings. The van der Waals surface area contributed by atoms with E-state index in [1.54, 1.807) is 24.3 Å². The molecule has 0 spiro atoms. The Morgan fingerprint density at radius 2 is 2.00 bits per heavy atom. The summed E-state index contributed by atoms with van der Waals surface area (Å²) in [5.41, 5.74) is 0.648. The fraction of sp³-hybridized carbons (Fsp3) is 0.444. The average molecular weight is 408 g/mol. The minimum Gasteiger partial charge on any atom is -0.336 e. The van der Waals surface area contributed by atoms with Crippen LogP contribution in [-0.2, 0) is 0 Å². The number of anilines is 1. The number of hydrogen-bond acceptors (Lipinski definition) is 5. The highest BCUT2D eigenvalue weighted by Crippen LogP contribution is 2.29. The molecule has 1 fully saturated rings. The van der Waals surface area contributed by atoms with Gasteiger partial charge in [0.2, 0.25) is 5.01 Å². The molecule has 1 atom stereocenters. The lowest BCUT2D eigenvalue weighted by Gasteiger charge is -2.32. The molecule has 0 bridgehead atoms. The molecule has 1 aliphatic rings. The van der Waals surface area contributed by atoms with Crippen molar-refractivity contribution in [2.24, 2.45) is 0 Å². The SMILES string of the molecule is CC(C)NC(=O)N1CCC[C@@H](c2nnc(C(=O)Nc3ccc(Cl)cc3)s2)C1. The van der Waals surface area contributed by atoms with Crippen molar-refractivity contribution in [3.63, 3.8) is 0 Å². The van der Waals surface area contributed by atoms with Crippen LogP contribution in [0.15, 0.2) is 24.3 Å². The largest absolute Gasteiger partial charge is 0.336 e. The Morgan fingerprint density at radius 3 is 2.70 bits per heavy atom. The first-order chi connectivity index (χ1) is 12.9. The number of nitrogens with one attached hydrogen (secondary N) is 2. The van der Waals surface area contributed by atoms with Crippen LogP contribution in [0.5, 0.6) is 0 Å². The molecule has 9 heteroatoms. The van der Waals surface area contributed by atoms with Gasteiger partial charge < -0.3 is 15.5 Å². The summed E-state index contributed by atoms with van der Waals surface area (Å²) in [6.07, 6.45) is 1.83. The lowest BCUT2D eigenvalue weighted by molar-refractivity contribution is 0.102. The number of hydrogen-bond donors (Lipinski definition) is 2. The van der Waals surface area contributed by atoms with Crippen LogP contribution in [0.4, 0.5) is 10.5 Å². The molecule has 1 aromatic carbocycles. The van der Waals surface area contributed by atoms with Gasteiger partial charge in [-0.3, -0.25) is 4.79 Å². The zero-order valence-electron chi connectivity index (χ0n) is 15.2. The second-order valence-corrected chi connectivity index (χ2v) is 8.24. The van der Waals surface area contributed by atoms with Gasteiger partial charge in [0.15, 0.2) is 0 Å². The quantitative estimate of drug-likeness (QED) is 0.808. The van der Waals surface area contributed by atoms with E-state index in [2.05, 4.69) is 20.8 Å². The number of nitrogens with zero attached hydrogens (tertiary/aromatic N) is 3. The molecule has 0 saturated carbocycles. The third kappa shape index (κ3) is 5.17. The Labute approximate surface area is 167 Å². The van der Waals surface area contributed by atoms with Gasteiger partial charge in [0.05, 0.1) is 0 Å². The predicted octanol–water partition coefficient (Wildman–Crippen LogP) is 3.74. The first-order valence-electron chi connectivity index (χ1n) is 8.88. The predicted molar refractivity (Wildman–Crippen MR) is 107 cm³/mol. The number of halogens is 1. The zero-order chi connectivity index (χ0) is 19.4. The van der Waals surface area contributed by atoms with E-state index in [4.69, 9.17) is 11.6 Å². The standard InChI is InChI=1S/C18H22ClN5O2S/c1-11(2)20-18(26)24-9-3-4-12(10-24)16-22-23-17(27-16)15(25)21-14-7-5-13(19)6-8-14/h5-8,11-12H,3-4,9-10H2,1-2H3,(H,20,26)(H,21,25)/t12-/m1/s1. The van der Waals surface area contributed by atoms with Gasteiger partial charge in [-0.1, -0.05) is 22.9 Å². The van der Waals surface area contributed by atoms with Crippen LogP contribution in [0.1, 0.15) is 47.4 Å². The zero-order valence-corrected chi connectivity index (χ0v) is 16.8. The molecule has 3 amide bonds. The van der Waals surface area contributed by atoms with Crippen LogP contribution in [-0.4, -0.2) is 46.2 Å². The van der Waals surface area contributed by atoms with Crippen LogP contribution in [0.2, 0.25) is 5.02 Å². The maximum Gasteiger partial charge on any atom is 0.317 e. The van der Waals surface area contributed by atoms with Crippen molar-refractivity contribution in [2.45, 2.75) is 38.6 Å². The normalized spacial score (nSPS) is 17.0. The lowest BCUT2D eigenvalue weighted by atomic mass is 9.99. The summed E-state index contributed by atoms with van der Waals surface area (Å²) in [6, 6.07) is 6.93. The number of benzene rings is 1. The molecule has 3 rings (SSSR count). The Morgan fingerprint density at radius 1 is 1.26 bits per heavy atom. The Bertz CT molecular complexity index is 808. The van der Waals surface area contributed by atoms with Crippen LogP contribution in [0.25, 0.3) is 0 Å².